The molecular weight excluding hydrogens is 972 g/mol. The fraction of sp³-hybridized carbons (Fsp3) is 0.595. The summed E-state index contributed by atoms with van der Waals surface area (Å²) in [4.78, 5) is 115. The summed E-state index contributed by atoms with van der Waals surface area (Å²) in [5, 5.41) is 42.2. The number of hydrogen-bond donors (Lipinski definition) is 6. The van der Waals surface area contributed by atoms with Crippen molar-refractivity contribution in [3.8, 4) is 0 Å². The van der Waals surface area contributed by atoms with Crippen molar-refractivity contribution in [2.45, 2.75) is 83.7 Å². The van der Waals surface area contributed by atoms with Gasteiger partial charge in [-0.2, -0.15) is 0 Å². The molecule has 6 N–H and O–H groups in total. The van der Waals surface area contributed by atoms with E-state index in [0.717, 1.165) is 5.34 Å². The monoisotopic (exact) mass is 1030 g/mol. The van der Waals surface area contributed by atoms with Crippen LogP contribution in [0.25, 0.3) is 0 Å². The molecule has 24 nitrogen and oxygen atoms in total. The summed E-state index contributed by atoms with van der Waals surface area (Å²) in [5.41, 5.74) is 0. The minimum absolute atomic E-state index is 0. The Balaban J connectivity index is -0.000000802. The number of nitrogens with zero attached hydrogens (tertiary/aromatic N) is 4. The molecule has 3 aliphatic heterocycles. The summed E-state index contributed by atoms with van der Waals surface area (Å²) in [5.74, 6) is -3.62. The van der Waals surface area contributed by atoms with Crippen molar-refractivity contribution in [2.24, 2.45) is 5.34 Å². The SMILES string of the molecule is C.CCC(NC(=O)O)C1C(=O)C(=O)C=CN1CCOC.CCC(NC(=O)O)C1C(=O)C(=O)C=CN1CCOC.CCC(NC(=O)O)C1C(=O)C(=O)C=CN1CCOC.O=N[O-].[Gd]. The topological polar surface area (TPSA) is 340 Å². The standard InChI is InChI=1S/3C12H18N2O5.CH4.Gd.HNO2/c3*1-3-8(13-12(17)18)10-11(16)9(15)4-5-14(10)6-7-19-2;;;2-1-3/h3*4-5,8,10,13H,3,6-7H2,1-2H3,(H,17,18);1H4;;(H,2,3)/p-1. The number of amides is 3. The maximum atomic E-state index is 12.0. The van der Waals surface area contributed by atoms with Crippen molar-refractivity contribution >= 4 is 53.0 Å². The molecule has 0 saturated carbocycles. The summed E-state index contributed by atoms with van der Waals surface area (Å²) in [6.45, 7) is 7.64. The Bertz CT molecular complexity index is 1420. The van der Waals surface area contributed by atoms with Gasteiger partial charge in [-0.3, -0.25) is 28.8 Å². The van der Waals surface area contributed by atoms with Gasteiger partial charge in [-0.25, -0.2) is 14.4 Å². The summed E-state index contributed by atoms with van der Waals surface area (Å²) >= 11 is 0. The van der Waals surface area contributed by atoms with Crippen molar-refractivity contribution < 1.29 is 113 Å². The molecule has 0 radical (unpaired) electrons. The van der Waals surface area contributed by atoms with Crippen LogP contribution in [0, 0.1) is 50.1 Å². The molecule has 0 spiro atoms. The Morgan fingerprint density at radius 2 is 0.806 bits per heavy atom. The molecule has 352 valence electrons. The third-order valence-corrected chi connectivity index (χ3v) is 8.91. The number of allylic oxidation sites excluding steroid dienone is 3. The molecule has 6 unspecified atom stereocenters. The Morgan fingerprint density at radius 3 is 0.968 bits per heavy atom. The van der Waals surface area contributed by atoms with Crippen LogP contribution < -0.4 is 16.0 Å². The van der Waals surface area contributed by atoms with Crippen LogP contribution in [0.4, 0.5) is 14.4 Å². The van der Waals surface area contributed by atoms with Gasteiger partial charge < -0.3 is 70.3 Å². The van der Waals surface area contributed by atoms with E-state index in [1.165, 1.54) is 58.2 Å². The van der Waals surface area contributed by atoms with E-state index in [2.05, 4.69) is 16.0 Å². The van der Waals surface area contributed by atoms with Crippen LogP contribution in [-0.4, -0.2) is 180 Å². The summed E-state index contributed by atoms with van der Waals surface area (Å²) in [6.07, 6.45) is 5.72. The first kappa shape index (κ1) is 61.4. The van der Waals surface area contributed by atoms with Gasteiger partial charge in [0.15, 0.2) is 0 Å². The molecule has 3 rings (SSSR count). The number of carboxylic acid groups (broad SMARTS) is 3. The Kier molecular flexibility index (Phi) is 33.3. The van der Waals surface area contributed by atoms with E-state index >= 15 is 0 Å². The molecule has 0 bridgehead atoms. The van der Waals surface area contributed by atoms with E-state index in [9.17, 15) is 43.2 Å². The average Bonchev–Trinajstić information content (AvgIpc) is 3.20. The molecule has 0 aromatic rings. The van der Waals surface area contributed by atoms with Gasteiger partial charge in [-0.15, -0.1) is 5.34 Å². The first-order valence-electron chi connectivity index (χ1n) is 18.4. The summed E-state index contributed by atoms with van der Waals surface area (Å²) < 4.78 is 14.8. The summed E-state index contributed by atoms with van der Waals surface area (Å²) in [7, 11) is 4.59. The number of Topliss-reactive ketones (excluding diaryl/α,β-unsaturated/α-hetero) is 3. The number of carbonyl (C=O) groups excluding carboxylic acids is 6. The van der Waals surface area contributed by atoms with Gasteiger partial charge in [-0.05, 0) is 19.3 Å². The smallest absolute Gasteiger partial charge is 0.404 e. The van der Waals surface area contributed by atoms with Gasteiger partial charge in [0, 0.05) is 118 Å². The van der Waals surface area contributed by atoms with Gasteiger partial charge >= 0.3 is 18.3 Å². The minimum Gasteiger partial charge on any atom is -0.465 e. The second-order valence-electron chi connectivity index (χ2n) is 12.6. The molecule has 62 heavy (non-hydrogen) atoms. The number of carbonyl (C=O) groups is 9. The molecule has 3 aliphatic rings. The number of ether oxygens (including phenoxy) is 3. The normalized spacial score (nSPS) is 19.1. The fourth-order valence-electron chi connectivity index (χ4n) is 6.07. The number of hydrogen-bond acceptors (Lipinski definition) is 18. The third kappa shape index (κ3) is 20.7. The van der Waals surface area contributed by atoms with Crippen molar-refractivity contribution in [2.75, 3.05) is 60.8 Å². The van der Waals surface area contributed by atoms with Crippen LogP contribution in [-0.2, 0) is 43.0 Å². The van der Waals surface area contributed by atoms with Gasteiger partial charge in [0.1, 0.15) is 18.1 Å². The van der Waals surface area contributed by atoms with Gasteiger partial charge in [0.25, 0.3) is 0 Å². The second kappa shape index (κ2) is 33.7. The van der Waals surface area contributed by atoms with Gasteiger partial charge in [0.05, 0.1) is 37.9 Å². The van der Waals surface area contributed by atoms with Crippen LogP contribution in [0.5, 0.6) is 0 Å². The van der Waals surface area contributed by atoms with E-state index in [4.69, 9.17) is 39.6 Å². The molecule has 3 heterocycles. The van der Waals surface area contributed by atoms with Gasteiger partial charge in [-0.1, -0.05) is 28.2 Å². The zero-order valence-corrected chi connectivity index (χ0v) is 36.8. The van der Waals surface area contributed by atoms with E-state index in [1.807, 2.05) is 0 Å². The third-order valence-electron chi connectivity index (χ3n) is 8.91. The van der Waals surface area contributed by atoms with Crippen molar-refractivity contribution in [1.29, 1.82) is 0 Å². The Morgan fingerprint density at radius 1 is 0.597 bits per heavy atom. The second-order valence-corrected chi connectivity index (χ2v) is 12.6. The van der Waals surface area contributed by atoms with Crippen molar-refractivity contribution in [3.05, 3.63) is 46.9 Å². The molecule has 0 aromatic carbocycles. The zero-order chi connectivity index (χ0) is 45.9. The minimum atomic E-state index is -1.21. The Labute approximate surface area is 391 Å². The maximum absolute atomic E-state index is 12.0. The molecular formula is C37H58GdN7O17-. The molecule has 0 aliphatic carbocycles. The molecule has 25 heteroatoms. The maximum Gasteiger partial charge on any atom is 0.404 e. The zero-order valence-electron chi connectivity index (χ0n) is 34.5. The van der Waals surface area contributed by atoms with Crippen LogP contribution in [0.3, 0.4) is 0 Å². The summed E-state index contributed by atoms with van der Waals surface area (Å²) in [6, 6.07) is -4.32. The van der Waals surface area contributed by atoms with Crippen LogP contribution in [0.2, 0.25) is 0 Å². The molecule has 0 saturated heterocycles. The first-order valence-corrected chi connectivity index (χ1v) is 18.4. The van der Waals surface area contributed by atoms with Crippen LogP contribution >= 0.6 is 0 Å². The van der Waals surface area contributed by atoms with E-state index in [-0.39, 0.29) is 47.4 Å². The fourth-order valence-corrected chi connectivity index (χ4v) is 6.07. The molecule has 3 amide bonds. The predicted octanol–water partition coefficient (Wildman–Crippen LogP) is 0.932. The van der Waals surface area contributed by atoms with Gasteiger partial charge in [0.2, 0.25) is 34.7 Å². The van der Waals surface area contributed by atoms with E-state index in [1.54, 1.807) is 35.5 Å². The number of ketones is 6. The van der Waals surface area contributed by atoms with Crippen molar-refractivity contribution in [3.63, 3.8) is 0 Å². The number of nitrogens with one attached hydrogen (secondary N) is 3. The van der Waals surface area contributed by atoms with E-state index in [0.29, 0.717) is 58.7 Å². The van der Waals surface area contributed by atoms with Crippen LogP contribution in [0.1, 0.15) is 47.5 Å². The molecule has 0 aromatic heterocycles. The molecule has 0 fully saturated rings. The van der Waals surface area contributed by atoms with Crippen LogP contribution in [0.15, 0.2) is 42.2 Å². The van der Waals surface area contributed by atoms with Crippen molar-refractivity contribution in [1.82, 2.24) is 30.7 Å². The number of methoxy groups -OCH3 is 3. The average molecular weight is 1030 g/mol. The molecule has 6 atom stereocenters. The largest absolute Gasteiger partial charge is 0.465 e. The van der Waals surface area contributed by atoms with E-state index < -0.39 is 89.2 Å². The quantitative estimate of drug-likeness (QED) is 0.0632. The Hall–Kier alpha value is -4.95. The number of rotatable bonds is 18. The first-order chi connectivity index (χ1) is 28.4. The predicted molar refractivity (Wildman–Crippen MR) is 216 cm³/mol.